The molecule has 0 saturated carbocycles. The van der Waals surface area contributed by atoms with E-state index in [0.29, 0.717) is 23.2 Å². The Morgan fingerprint density at radius 3 is 1.62 bits per heavy atom. The van der Waals surface area contributed by atoms with Gasteiger partial charge in [-0.05, 0) is 57.6 Å². The summed E-state index contributed by atoms with van der Waals surface area (Å²) in [6.45, 7) is 7.45. The maximum Gasteiger partial charge on any atom is 0.187 e. The molecule has 7 aromatic carbocycles. The summed E-state index contributed by atoms with van der Waals surface area (Å²) in [5.41, 5.74) is 11.6. The maximum absolute atomic E-state index is 7.45. The van der Waals surface area contributed by atoms with Crippen LogP contribution < -0.4 is 4.74 Å². The third-order valence-corrected chi connectivity index (χ3v) is 10.2. The van der Waals surface area contributed by atoms with Crippen LogP contribution in [0.2, 0.25) is 0 Å². The van der Waals surface area contributed by atoms with Crippen molar-refractivity contribution in [3.63, 3.8) is 0 Å². The van der Waals surface area contributed by atoms with Crippen molar-refractivity contribution in [2.24, 2.45) is 0 Å². The van der Waals surface area contributed by atoms with Gasteiger partial charge in [-0.25, -0.2) is 19.8 Å². The van der Waals surface area contributed by atoms with Crippen molar-refractivity contribution in [1.29, 1.82) is 0 Å². The molecular weight excluding hydrogens is 637 g/mol. The predicted molar refractivity (Wildman–Crippen MR) is 205 cm³/mol. The van der Waals surface area contributed by atoms with Crippen LogP contribution in [0, 0.1) is 6.57 Å². The minimum absolute atomic E-state index is 0.607. The van der Waals surface area contributed by atoms with Crippen LogP contribution >= 0.6 is 0 Å². The fourth-order valence-electron chi connectivity index (χ4n) is 7.89. The number of aromatic nitrogens is 3. The van der Waals surface area contributed by atoms with Crippen molar-refractivity contribution < 1.29 is 4.74 Å². The Morgan fingerprint density at radius 2 is 0.923 bits per heavy atom. The Bertz CT molecular complexity index is 2660. The van der Waals surface area contributed by atoms with Crippen LogP contribution in [0.4, 0.5) is 5.69 Å². The van der Waals surface area contributed by atoms with Gasteiger partial charge in [0.2, 0.25) is 0 Å². The second kappa shape index (κ2) is 11.7. The smallest absolute Gasteiger partial charge is 0.187 e. The lowest BCUT2D eigenvalue weighted by Crippen LogP contribution is -2.32. The highest BCUT2D eigenvalue weighted by atomic mass is 16.5. The summed E-state index contributed by atoms with van der Waals surface area (Å²) in [4.78, 5) is 18.7. The Labute approximate surface area is 301 Å². The van der Waals surface area contributed by atoms with Gasteiger partial charge in [0, 0.05) is 27.8 Å². The number of hydrogen-bond donors (Lipinski definition) is 0. The molecule has 0 fully saturated rings. The van der Waals surface area contributed by atoms with Crippen molar-refractivity contribution in [2.45, 2.75) is 5.41 Å². The molecule has 0 saturated heterocycles. The molecule has 1 aliphatic heterocycles. The first kappa shape index (κ1) is 29.7. The van der Waals surface area contributed by atoms with E-state index < -0.39 is 5.41 Å². The van der Waals surface area contributed by atoms with Gasteiger partial charge in [0.25, 0.3) is 0 Å². The molecule has 0 radical (unpaired) electrons. The summed E-state index contributed by atoms with van der Waals surface area (Å²) in [5, 5.41) is 0. The molecule has 5 heteroatoms. The first-order valence-corrected chi connectivity index (χ1v) is 17.2. The minimum atomic E-state index is -0.684. The fourth-order valence-corrected chi connectivity index (χ4v) is 7.89. The van der Waals surface area contributed by atoms with E-state index in [1.54, 1.807) is 0 Å². The van der Waals surface area contributed by atoms with Crippen molar-refractivity contribution >= 4 is 5.69 Å². The first-order valence-electron chi connectivity index (χ1n) is 17.2. The van der Waals surface area contributed by atoms with Crippen LogP contribution in [0.5, 0.6) is 11.5 Å². The standard InChI is InChI=1S/C47H28N4O/c1-48-35-24-20-30(21-25-35)33-23-27-43-41(28-33)47(39-18-10-11-19-42(39)52-43)38-17-9-8-16-36(38)37-26-22-34(29-40(37)47)46-50-44(31-12-4-2-5-13-31)49-45(51-46)32-14-6-3-7-15-32/h2-29H. The predicted octanol–water partition coefficient (Wildman–Crippen LogP) is 11.6. The zero-order valence-corrected chi connectivity index (χ0v) is 27.9. The molecule has 5 nitrogen and oxygen atoms in total. The number of benzene rings is 7. The largest absolute Gasteiger partial charge is 0.457 e. The SMILES string of the molecule is [C-]#[N+]c1ccc(-c2ccc3c(c2)C2(c4ccccc4O3)c3ccccc3-c3ccc(-c4nc(-c5ccccc5)nc(-c5ccccc5)n4)cc32)cc1. The van der Waals surface area contributed by atoms with E-state index in [0.717, 1.165) is 61.6 Å². The van der Waals surface area contributed by atoms with E-state index in [9.17, 15) is 0 Å². The molecule has 1 aliphatic carbocycles. The second-order valence-electron chi connectivity index (χ2n) is 13.1. The second-order valence-corrected chi connectivity index (χ2v) is 13.1. The van der Waals surface area contributed by atoms with Crippen LogP contribution in [0.25, 0.3) is 61.3 Å². The lowest BCUT2D eigenvalue weighted by atomic mass is 9.65. The van der Waals surface area contributed by atoms with Crippen molar-refractivity contribution in [1.82, 2.24) is 15.0 Å². The highest BCUT2D eigenvalue weighted by Crippen LogP contribution is 2.62. The van der Waals surface area contributed by atoms with E-state index in [2.05, 4.69) is 83.7 Å². The average Bonchev–Trinajstić information content (AvgIpc) is 3.51. The first-order chi connectivity index (χ1) is 25.7. The monoisotopic (exact) mass is 664 g/mol. The molecule has 242 valence electrons. The Kier molecular flexibility index (Phi) is 6.70. The van der Waals surface area contributed by atoms with Crippen LogP contribution in [0.3, 0.4) is 0 Å². The van der Waals surface area contributed by atoms with Gasteiger partial charge in [0.15, 0.2) is 23.2 Å². The number of rotatable bonds is 4. The van der Waals surface area contributed by atoms with Crippen LogP contribution in [-0.2, 0) is 5.41 Å². The van der Waals surface area contributed by atoms with Gasteiger partial charge in [0.05, 0.1) is 12.0 Å². The van der Waals surface area contributed by atoms with Crippen LogP contribution in [-0.4, -0.2) is 15.0 Å². The third-order valence-electron chi connectivity index (χ3n) is 10.2. The van der Waals surface area contributed by atoms with Gasteiger partial charge in [-0.2, -0.15) is 0 Å². The van der Waals surface area contributed by atoms with Gasteiger partial charge in [-0.3, -0.25) is 0 Å². The summed E-state index contributed by atoms with van der Waals surface area (Å²) in [7, 11) is 0. The quantitative estimate of drug-likeness (QED) is 0.176. The number of para-hydroxylation sites is 1. The van der Waals surface area contributed by atoms with Crippen molar-refractivity contribution in [3.05, 3.63) is 204 Å². The molecule has 2 aliphatic rings. The van der Waals surface area contributed by atoms with E-state index in [1.807, 2.05) is 91.0 Å². The van der Waals surface area contributed by atoms with Gasteiger partial charge in [0.1, 0.15) is 11.5 Å². The molecule has 1 atom stereocenters. The molecule has 0 bridgehead atoms. The zero-order valence-electron chi connectivity index (χ0n) is 27.9. The number of nitrogens with zero attached hydrogens (tertiary/aromatic N) is 4. The van der Waals surface area contributed by atoms with Crippen LogP contribution in [0.1, 0.15) is 22.3 Å². The normalized spacial score (nSPS) is 14.8. The molecule has 1 unspecified atom stereocenters. The average molecular weight is 665 g/mol. The summed E-state index contributed by atoms with van der Waals surface area (Å²) in [6.07, 6.45) is 0. The van der Waals surface area contributed by atoms with Gasteiger partial charge >= 0.3 is 0 Å². The number of ether oxygens (including phenoxy) is 1. The molecule has 10 rings (SSSR count). The Balaban J connectivity index is 1.24. The lowest BCUT2D eigenvalue weighted by molar-refractivity contribution is 0.436. The molecule has 8 aromatic rings. The minimum Gasteiger partial charge on any atom is -0.457 e. The molecule has 52 heavy (non-hydrogen) atoms. The van der Waals surface area contributed by atoms with Crippen molar-refractivity contribution in [3.8, 4) is 67.9 Å². The molecule has 1 aromatic heterocycles. The fraction of sp³-hybridized carbons (Fsp3) is 0.0213. The summed E-state index contributed by atoms with van der Waals surface area (Å²) in [6, 6.07) is 58.1. The van der Waals surface area contributed by atoms with E-state index in [1.165, 1.54) is 11.1 Å². The molecular formula is C47H28N4O. The molecule has 0 N–H and O–H groups in total. The van der Waals surface area contributed by atoms with Gasteiger partial charge < -0.3 is 4.74 Å². The van der Waals surface area contributed by atoms with E-state index >= 15 is 0 Å². The Morgan fingerprint density at radius 1 is 0.404 bits per heavy atom. The van der Waals surface area contributed by atoms with E-state index in [-0.39, 0.29) is 0 Å². The topological polar surface area (TPSA) is 52.3 Å². The summed E-state index contributed by atoms with van der Waals surface area (Å²) >= 11 is 0. The van der Waals surface area contributed by atoms with Crippen molar-refractivity contribution in [2.75, 3.05) is 0 Å². The lowest BCUT2D eigenvalue weighted by Gasteiger charge is -2.39. The molecule has 0 amide bonds. The van der Waals surface area contributed by atoms with Gasteiger partial charge in [-0.1, -0.05) is 146 Å². The Hall–Kier alpha value is -7.16. The molecule has 1 spiro atoms. The van der Waals surface area contributed by atoms with Crippen LogP contribution in [0.15, 0.2) is 170 Å². The highest BCUT2D eigenvalue weighted by Gasteiger charge is 2.51. The van der Waals surface area contributed by atoms with Gasteiger partial charge in [-0.15, -0.1) is 0 Å². The summed E-state index contributed by atoms with van der Waals surface area (Å²) in [5.74, 6) is 3.49. The zero-order chi connectivity index (χ0) is 34.6. The maximum atomic E-state index is 7.45. The summed E-state index contributed by atoms with van der Waals surface area (Å²) < 4.78 is 6.69. The third kappa shape index (κ3) is 4.52. The number of fused-ring (bicyclic) bond motifs is 9. The van der Waals surface area contributed by atoms with E-state index in [4.69, 9.17) is 26.3 Å². The molecule has 2 heterocycles. The highest BCUT2D eigenvalue weighted by molar-refractivity contribution is 5.90. The number of hydrogen-bond acceptors (Lipinski definition) is 4.